The molecule has 0 fully saturated rings. The van der Waals surface area contributed by atoms with Crippen molar-refractivity contribution in [2.45, 2.75) is 10.2 Å². The highest BCUT2D eigenvalue weighted by molar-refractivity contribution is 7.99. The second kappa shape index (κ2) is 4.48. The predicted octanol–water partition coefficient (Wildman–Crippen LogP) is 1.29. The summed E-state index contributed by atoms with van der Waals surface area (Å²) in [6.07, 6.45) is 6.27. The van der Waals surface area contributed by atoms with Crippen molar-refractivity contribution in [1.82, 2.24) is 19.9 Å². The van der Waals surface area contributed by atoms with Gasteiger partial charge in [0.15, 0.2) is 10.9 Å². The van der Waals surface area contributed by atoms with Crippen LogP contribution in [0.25, 0.3) is 0 Å². The van der Waals surface area contributed by atoms with E-state index in [4.69, 9.17) is 5.26 Å². The van der Waals surface area contributed by atoms with Crippen LogP contribution in [0.2, 0.25) is 0 Å². The molecule has 6 heteroatoms. The average Bonchev–Trinajstić information content (AvgIpc) is 2.31. The Hall–Kier alpha value is -2.00. The van der Waals surface area contributed by atoms with E-state index in [0.717, 1.165) is 0 Å². The zero-order valence-corrected chi connectivity index (χ0v) is 8.35. The molecule has 0 amide bonds. The molecule has 2 aromatic rings. The molecular weight excluding hydrogens is 210 g/mol. The fourth-order valence-corrected chi connectivity index (χ4v) is 1.48. The molecule has 0 aliphatic rings. The van der Waals surface area contributed by atoms with Gasteiger partial charge in [0.05, 0.1) is 12.4 Å². The van der Waals surface area contributed by atoms with Crippen LogP contribution in [0.4, 0.5) is 0 Å². The third kappa shape index (κ3) is 2.48. The minimum atomic E-state index is 0.299. The molecule has 0 aromatic carbocycles. The molecule has 0 bridgehead atoms. The lowest BCUT2D eigenvalue weighted by Gasteiger charge is -1.96. The lowest BCUT2D eigenvalue weighted by atomic mass is 10.5. The summed E-state index contributed by atoms with van der Waals surface area (Å²) in [4.78, 5) is 16.0. The second-order valence-corrected chi connectivity index (χ2v) is 3.47. The van der Waals surface area contributed by atoms with Crippen LogP contribution in [0.5, 0.6) is 0 Å². The number of hydrogen-bond acceptors (Lipinski definition) is 6. The first-order valence-corrected chi connectivity index (χ1v) is 4.87. The molecular formula is C9H5N5S. The van der Waals surface area contributed by atoms with E-state index in [1.165, 1.54) is 24.2 Å². The van der Waals surface area contributed by atoms with Crippen LogP contribution in [0, 0.1) is 11.3 Å². The number of nitriles is 1. The van der Waals surface area contributed by atoms with E-state index in [1.807, 2.05) is 6.07 Å². The lowest BCUT2D eigenvalue weighted by molar-refractivity contribution is 0.953. The summed E-state index contributed by atoms with van der Waals surface area (Å²) < 4.78 is 0. The maximum absolute atomic E-state index is 8.53. The number of rotatable bonds is 2. The van der Waals surface area contributed by atoms with Crippen LogP contribution >= 0.6 is 11.8 Å². The van der Waals surface area contributed by atoms with E-state index in [9.17, 15) is 0 Å². The summed E-state index contributed by atoms with van der Waals surface area (Å²) in [5.74, 6) is 0. The van der Waals surface area contributed by atoms with Gasteiger partial charge in [-0.1, -0.05) is 0 Å². The van der Waals surface area contributed by atoms with Gasteiger partial charge >= 0.3 is 0 Å². The van der Waals surface area contributed by atoms with Gasteiger partial charge in [-0.3, -0.25) is 0 Å². The third-order valence-electron chi connectivity index (χ3n) is 1.48. The summed E-state index contributed by atoms with van der Waals surface area (Å²) in [7, 11) is 0. The van der Waals surface area contributed by atoms with Crippen LogP contribution in [0.1, 0.15) is 5.69 Å². The molecule has 0 aliphatic carbocycles. The standard InChI is InChI=1S/C9H5N5S/c10-4-7-5-14-8(6-13-7)15-9-11-2-1-3-12-9/h1-3,5-6H. The Morgan fingerprint density at radius 3 is 2.47 bits per heavy atom. The summed E-state index contributed by atoms with van der Waals surface area (Å²) >= 11 is 1.30. The Balaban J connectivity index is 2.16. The van der Waals surface area contributed by atoms with Crippen molar-refractivity contribution in [3.63, 3.8) is 0 Å². The monoisotopic (exact) mass is 215 g/mol. The van der Waals surface area contributed by atoms with Crippen molar-refractivity contribution < 1.29 is 0 Å². The highest BCUT2D eigenvalue weighted by Gasteiger charge is 2.01. The molecule has 0 spiro atoms. The van der Waals surface area contributed by atoms with Crippen molar-refractivity contribution in [2.75, 3.05) is 0 Å². The van der Waals surface area contributed by atoms with Crippen LogP contribution in [-0.4, -0.2) is 19.9 Å². The van der Waals surface area contributed by atoms with Crippen molar-refractivity contribution in [2.24, 2.45) is 0 Å². The van der Waals surface area contributed by atoms with Gasteiger partial charge in [-0.2, -0.15) is 5.26 Å². The number of hydrogen-bond donors (Lipinski definition) is 0. The van der Waals surface area contributed by atoms with E-state index in [0.29, 0.717) is 15.9 Å². The topological polar surface area (TPSA) is 75.3 Å². The fourth-order valence-electron chi connectivity index (χ4n) is 0.858. The van der Waals surface area contributed by atoms with Crippen LogP contribution in [-0.2, 0) is 0 Å². The quantitative estimate of drug-likeness (QED) is 0.702. The van der Waals surface area contributed by atoms with Gasteiger partial charge in [0.1, 0.15) is 11.1 Å². The molecule has 2 heterocycles. The Bertz CT molecular complexity index is 476. The summed E-state index contributed by atoms with van der Waals surface area (Å²) in [5, 5.41) is 9.81. The molecule has 2 rings (SSSR count). The van der Waals surface area contributed by atoms with Crippen molar-refractivity contribution >= 4 is 11.8 Å². The maximum Gasteiger partial charge on any atom is 0.193 e. The van der Waals surface area contributed by atoms with Crippen molar-refractivity contribution in [3.05, 3.63) is 36.5 Å². The molecule has 0 radical (unpaired) electrons. The molecule has 0 saturated heterocycles. The SMILES string of the molecule is N#Cc1cnc(Sc2ncccn2)cn1. The molecule has 15 heavy (non-hydrogen) atoms. The van der Waals surface area contributed by atoms with E-state index >= 15 is 0 Å². The van der Waals surface area contributed by atoms with E-state index in [1.54, 1.807) is 18.5 Å². The van der Waals surface area contributed by atoms with Crippen LogP contribution in [0.3, 0.4) is 0 Å². The van der Waals surface area contributed by atoms with Gasteiger partial charge in [0, 0.05) is 12.4 Å². The molecule has 5 nitrogen and oxygen atoms in total. The minimum absolute atomic E-state index is 0.299. The molecule has 0 unspecified atom stereocenters. The van der Waals surface area contributed by atoms with E-state index in [2.05, 4.69) is 19.9 Å². The first-order valence-electron chi connectivity index (χ1n) is 4.05. The maximum atomic E-state index is 8.53. The fraction of sp³-hybridized carbons (Fsp3) is 0. The predicted molar refractivity (Wildman–Crippen MR) is 52.9 cm³/mol. The van der Waals surface area contributed by atoms with Gasteiger partial charge in [0.25, 0.3) is 0 Å². The first-order chi connectivity index (χ1) is 7.38. The third-order valence-corrected chi connectivity index (χ3v) is 2.29. The zero-order chi connectivity index (χ0) is 10.5. The van der Waals surface area contributed by atoms with Crippen LogP contribution < -0.4 is 0 Å². The van der Waals surface area contributed by atoms with Crippen LogP contribution in [0.15, 0.2) is 41.0 Å². The molecule has 0 saturated carbocycles. The Morgan fingerprint density at radius 2 is 1.87 bits per heavy atom. The molecule has 0 atom stereocenters. The lowest BCUT2D eigenvalue weighted by Crippen LogP contribution is -1.88. The Morgan fingerprint density at radius 1 is 1.07 bits per heavy atom. The van der Waals surface area contributed by atoms with E-state index < -0.39 is 0 Å². The molecule has 0 N–H and O–H groups in total. The molecule has 0 aliphatic heterocycles. The van der Waals surface area contributed by atoms with Gasteiger partial charge in [-0.15, -0.1) is 0 Å². The van der Waals surface area contributed by atoms with Gasteiger partial charge in [-0.25, -0.2) is 19.9 Å². The van der Waals surface area contributed by atoms with Gasteiger partial charge in [0.2, 0.25) is 0 Å². The molecule has 2 aromatic heterocycles. The van der Waals surface area contributed by atoms with E-state index in [-0.39, 0.29) is 0 Å². The number of nitrogens with zero attached hydrogens (tertiary/aromatic N) is 5. The summed E-state index contributed by atoms with van der Waals surface area (Å²) in [6, 6.07) is 3.65. The highest BCUT2D eigenvalue weighted by Crippen LogP contribution is 2.20. The normalized spacial score (nSPS) is 9.53. The summed E-state index contributed by atoms with van der Waals surface area (Å²) in [6.45, 7) is 0. The van der Waals surface area contributed by atoms with Crippen molar-refractivity contribution in [3.8, 4) is 6.07 Å². The zero-order valence-electron chi connectivity index (χ0n) is 7.53. The Kier molecular flexibility index (Phi) is 2.85. The smallest absolute Gasteiger partial charge is 0.193 e. The minimum Gasteiger partial charge on any atom is -0.245 e. The second-order valence-electron chi connectivity index (χ2n) is 2.49. The Labute approximate surface area is 90.2 Å². The number of aromatic nitrogens is 4. The van der Waals surface area contributed by atoms with Crippen molar-refractivity contribution in [1.29, 1.82) is 5.26 Å². The molecule has 72 valence electrons. The van der Waals surface area contributed by atoms with Gasteiger partial charge in [-0.05, 0) is 17.8 Å². The largest absolute Gasteiger partial charge is 0.245 e. The average molecular weight is 215 g/mol. The summed E-state index contributed by atoms with van der Waals surface area (Å²) in [5.41, 5.74) is 0.299. The highest BCUT2D eigenvalue weighted by atomic mass is 32.2. The van der Waals surface area contributed by atoms with Gasteiger partial charge < -0.3 is 0 Å². The first kappa shape index (κ1) is 9.55.